The summed E-state index contributed by atoms with van der Waals surface area (Å²) in [7, 11) is -1.37. The number of hydrogen-bond donors (Lipinski definition) is 0. The molecule has 0 unspecified atom stereocenters. The lowest BCUT2D eigenvalue weighted by Gasteiger charge is -2.21. The second-order valence-electron chi connectivity index (χ2n) is 6.02. The molecule has 0 aliphatic heterocycles. The van der Waals surface area contributed by atoms with Gasteiger partial charge in [0.05, 0.1) is 8.07 Å². The first kappa shape index (κ1) is 13.9. The number of rotatable bonds is 4. The third-order valence-electron chi connectivity index (χ3n) is 3.18. The van der Waals surface area contributed by atoms with Crippen molar-refractivity contribution in [1.29, 1.82) is 0 Å². The van der Waals surface area contributed by atoms with Gasteiger partial charge in [-0.3, -0.25) is 0 Å². The Balaban J connectivity index is 2.21. The van der Waals surface area contributed by atoms with Crippen LogP contribution in [0.1, 0.15) is 11.1 Å². The molecular formula is C17H22OSi. The van der Waals surface area contributed by atoms with Gasteiger partial charge in [0.1, 0.15) is 12.4 Å². The van der Waals surface area contributed by atoms with Crippen LogP contribution in [0.4, 0.5) is 0 Å². The van der Waals surface area contributed by atoms with E-state index in [9.17, 15) is 0 Å². The SMILES string of the molecule is Cc1ccc(OCc2ccccc2)c([Si](C)(C)C)c1. The number of hydrogen-bond acceptors (Lipinski definition) is 1. The summed E-state index contributed by atoms with van der Waals surface area (Å²) in [5, 5.41) is 1.41. The van der Waals surface area contributed by atoms with Gasteiger partial charge in [0.15, 0.2) is 0 Å². The summed E-state index contributed by atoms with van der Waals surface area (Å²) in [4.78, 5) is 0. The van der Waals surface area contributed by atoms with Crippen molar-refractivity contribution in [2.45, 2.75) is 33.2 Å². The van der Waals surface area contributed by atoms with Crippen LogP contribution in [0.5, 0.6) is 5.75 Å². The average molecular weight is 270 g/mol. The molecule has 0 heterocycles. The van der Waals surface area contributed by atoms with Gasteiger partial charge in [-0.25, -0.2) is 0 Å². The minimum absolute atomic E-state index is 0.640. The molecule has 0 amide bonds. The van der Waals surface area contributed by atoms with Gasteiger partial charge in [-0.2, -0.15) is 0 Å². The highest BCUT2D eigenvalue weighted by atomic mass is 28.3. The summed E-state index contributed by atoms with van der Waals surface area (Å²) in [5.74, 6) is 1.05. The van der Waals surface area contributed by atoms with E-state index < -0.39 is 8.07 Å². The molecule has 2 aromatic carbocycles. The molecule has 0 bridgehead atoms. The van der Waals surface area contributed by atoms with E-state index in [0.717, 1.165) is 5.75 Å². The van der Waals surface area contributed by atoms with E-state index in [0.29, 0.717) is 6.61 Å². The van der Waals surface area contributed by atoms with Crippen LogP contribution in [0, 0.1) is 6.92 Å². The van der Waals surface area contributed by atoms with Crippen LogP contribution >= 0.6 is 0 Å². The van der Waals surface area contributed by atoms with Crippen LogP contribution in [-0.2, 0) is 6.61 Å². The predicted octanol–water partition coefficient (Wildman–Crippen LogP) is 4.12. The molecule has 0 aliphatic carbocycles. The lowest BCUT2D eigenvalue weighted by atomic mass is 10.2. The topological polar surface area (TPSA) is 9.23 Å². The Morgan fingerprint density at radius 3 is 2.26 bits per heavy atom. The minimum atomic E-state index is -1.37. The van der Waals surface area contributed by atoms with Gasteiger partial charge in [-0.05, 0) is 23.7 Å². The van der Waals surface area contributed by atoms with E-state index >= 15 is 0 Å². The first-order valence-electron chi connectivity index (χ1n) is 6.75. The van der Waals surface area contributed by atoms with E-state index in [2.05, 4.69) is 56.9 Å². The maximum atomic E-state index is 6.04. The highest BCUT2D eigenvalue weighted by Crippen LogP contribution is 2.17. The smallest absolute Gasteiger partial charge is 0.119 e. The lowest BCUT2D eigenvalue weighted by Crippen LogP contribution is -2.38. The first-order valence-corrected chi connectivity index (χ1v) is 10.2. The molecule has 2 rings (SSSR count). The molecule has 0 fully saturated rings. The van der Waals surface area contributed by atoms with Crippen molar-refractivity contribution in [2.24, 2.45) is 0 Å². The van der Waals surface area contributed by atoms with Gasteiger partial charge < -0.3 is 4.74 Å². The molecular weight excluding hydrogens is 248 g/mol. The Morgan fingerprint density at radius 2 is 1.63 bits per heavy atom. The van der Waals surface area contributed by atoms with Crippen molar-refractivity contribution in [3.63, 3.8) is 0 Å². The lowest BCUT2D eigenvalue weighted by molar-refractivity contribution is 0.308. The Labute approximate surface area is 117 Å². The minimum Gasteiger partial charge on any atom is -0.489 e. The molecule has 0 saturated carbocycles. The van der Waals surface area contributed by atoms with E-state index in [-0.39, 0.29) is 0 Å². The van der Waals surface area contributed by atoms with E-state index in [1.807, 2.05) is 18.2 Å². The fraction of sp³-hybridized carbons (Fsp3) is 0.294. The van der Waals surface area contributed by atoms with Crippen molar-refractivity contribution in [1.82, 2.24) is 0 Å². The normalized spacial score (nSPS) is 11.4. The van der Waals surface area contributed by atoms with Crippen molar-refractivity contribution >= 4 is 13.3 Å². The van der Waals surface area contributed by atoms with E-state index in [4.69, 9.17) is 4.74 Å². The van der Waals surface area contributed by atoms with Crippen molar-refractivity contribution in [3.05, 3.63) is 59.7 Å². The highest BCUT2D eigenvalue weighted by molar-refractivity contribution is 6.89. The van der Waals surface area contributed by atoms with Crippen LogP contribution < -0.4 is 9.92 Å². The first-order chi connectivity index (χ1) is 8.97. The van der Waals surface area contributed by atoms with Crippen LogP contribution in [0.2, 0.25) is 19.6 Å². The molecule has 0 saturated heterocycles. The molecule has 0 radical (unpaired) electrons. The maximum absolute atomic E-state index is 6.04. The van der Waals surface area contributed by atoms with Gasteiger partial charge in [-0.1, -0.05) is 67.7 Å². The number of aryl methyl sites for hydroxylation is 1. The number of benzene rings is 2. The second-order valence-corrected chi connectivity index (χ2v) is 11.1. The van der Waals surface area contributed by atoms with Crippen molar-refractivity contribution in [2.75, 3.05) is 0 Å². The van der Waals surface area contributed by atoms with Gasteiger partial charge in [0.2, 0.25) is 0 Å². The molecule has 19 heavy (non-hydrogen) atoms. The Kier molecular flexibility index (Phi) is 4.10. The summed E-state index contributed by atoms with van der Waals surface area (Å²) < 4.78 is 6.04. The second kappa shape index (κ2) is 5.62. The monoisotopic (exact) mass is 270 g/mol. The van der Waals surface area contributed by atoms with Crippen LogP contribution in [0.25, 0.3) is 0 Å². The molecule has 0 spiro atoms. The molecule has 0 N–H and O–H groups in total. The van der Waals surface area contributed by atoms with Crippen LogP contribution in [-0.4, -0.2) is 8.07 Å². The highest BCUT2D eigenvalue weighted by Gasteiger charge is 2.21. The Morgan fingerprint density at radius 1 is 0.947 bits per heavy atom. The zero-order valence-corrected chi connectivity index (χ0v) is 13.2. The fourth-order valence-corrected chi connectivity index (χ4v) is 3.65. The fourth-order valence-electron chi connectivity index (χ4n) is 2.09. The quantitative estimate of drug-likeness (QED) is 0.759. The van der Waals surface area contributed by atoms with Crippen molar-refractivity contribution in [3.8, 4) is 5.75 Å². The zero-order chi connectivity index (χ0) is 13.9. The van der Waals surface area contributed by atoms with Gasteiger partial charge >= 0.3 is 0 Å². The third kappa shape index (κ3) is 3.71. The van der Waals surface area contributed by atoms with Crippen molar-refractivity contribution < 1.29 is 4.74 Å². The summed E-state index contributed by atoms with van der Waals surface area (Å²) >= 11 is 0. The molecule has 100 valence electrons. The molecule has 0 aliphatic rings. The van der Waals surface area contributed by atoms with Gasteiger partial charge in [0.25, 0.3) is 0 Å². The molecule has 0 aromatic heterocycles. The largest absolute Gasteiger partial charge is 0.489 e. The molecule has 2 heteroatoms. The molecule has 2 aromatic rings. The standard InChI is InChI=1S/C17H22OSi/c1-14-10-11-16(17(12-14)19(2,3)4)18-13-15-8-6-5-7-9-15/h5-12H,13H2,1-4H3. The summed E-state index contributed by atoms with van der Waals surface area (Å²) in [5.41, 5.74) is 2.52. The van der Waals surface area contributed by atoms with Crippen LogP contribution in [0.15, 0.2) is 48.5 Å². The Hall–Kier alpha value is -1.54. The summed E-state index contributed by atoms with van der Waals surface area (Å²) in [6.45, 7) is 9.86. The van der Waals surface area contributed by atoms with Gasteiger partial charge in [0, 0.05) is 0 Å². The average Bonchev–Trinajstić information content (AvgIpc) is 2.37. The summed E-state index contributed by atoms with van der Waals surface area (Å²) in [6, 6.07) is 16.9. The van der Waals surface area contributed by atoms with E-state index in [1.165, 1.54) is 16.3 Å². The maximum Gasteiger partial charge on any atom is 0.119 e. The third-order valence-corrected chi connectivity index (χ3v) is 5.19. The molecule has 1 nitrogen and oxygen atoms in total. The van der Waals surface area contributed by atoms with E-state index in [1.54, 1.807) is 0 Å². The zero-order valence-electron chi connectivity index (χ0n) is 12.2. The number of ether oxygens (including phenoxy) is 1. The van der Waals surface area contributed by atoms with Crippen LogP contribution in [0.3, 0.4) is 0 Å². The molecule has 0 atom stereocenters. The Bertz CT molecular complexity index is 541. The summed E-state index contributed by atoms with van der Waals surface area (Å²) in [6.07, 6.45) is 0. The van der Waals surface area contributed by atoms with Gasteiger partial charge in [-0.15, -0.1) is 0 Å². The predicted molar refractivity (Wildman–Crippen MR) is 84.9 cm³/mol.